The van der Waals surface area contributed by atoms with Gasteiger partial charge >= 0.3 is 0 Å². The van der Waals surface area contributed by atoms with E-state index in [1.807, 2.05) is 0 Å². The van der Waals surface area contributed by atoms with Gasteiger partial charge in [-0.3, -0.25) is 19.3 Å². The Kier molecular flexibility index (Phi) is 6.01. The maximum Gasteiger partial charge on any atom is 0.264 e. The standard InChI is InChI=1S/C24H12Cl5FN2O3/c1-9-12(25)3-2-4-13(9)31-20(10-5-7-11(30)8-6-10)21(24(31)35)32-22(33)14-15(23(32)34)17(27)19(29)18(28)16(14)26/h2-8,20-21H,1H3/t20-,21-/m0/s1. The zero-order valence-corrected chi connectivity index (χ0v) is 21.4. The first-order chi connectivity index (χ1) is 16.6. The zero-order chi connectivity index (χ0) is 25.3. The maximum absolute atomic E-state index is 13.7. The van der Waals surface area contributed by atoms with E-state index in [1.165, 1.54) is 29.2 Å². The second kappa shape index (κ2) is 8.64. The van der Waals surface area contributed by atoms with Crippen LogP contribution in [0.2, 0.25) is 25.1 Å². The molecule has 2 heterocycles. The van der Waals surface area contributed by atoms with Gasteiger partial charge in [-0.05, 0) is 42.3 Å². The molecular formula is C24H12Cl5FN2O3. The molecule has 0 saturated carbocycles. The highest BCUT2D eigenvalue weighted by molar-refractivity contribution is 6.55. The molecule has 11 heteroatoms. The summed E-state index contributed by atoms with van der Waals surface area (Å²) in [4.78, 5) is 42.6. The molecule has 178 valence electrons. The third-order valence-electron chi connectivity index (χ3n) is 6.19. The van der Waals surface area contributed by atoms with Crippen LogP contribution >= 0.6 is 58.0 Å². The number of fused-ring (bicyclic) bond motifs is 1. The Morgan fingerprint density at radius 2 is 1.26 bits per heavy atom. The topological polar surface area (TPSA) is 57.7 Å². The number of carbonyl (C=O) groups excluding carboxylic acids is 3. The van der Waals surface area contributed by atoms with Crippen molar-refractivity contribution < 1.29 is 18.8 Å². The summed E-state index contributed by atoms with van der Waals surface area (Å²) in [7, 11) is 0. The van der Waals surface area contributed by atoms with E-state index in [4.69, 9.17) is 58.0 Å². The summed E-state index contributed by atoms with van der Waals surface area (Å²) in [6.07, 6.45) is 0. The number of benzene rings is 3. The van der Waals surface area contributed by atoms with Crippen molar-refractivity contribution in [3.63, 3.8) is 0 Å². The van der Waals surface area contributed by atoms with E-state index < -0.39 is 35.6 Å². The fourth-order valence-corrected chi connectivity index (χ4v) is 5.65. The lowest BCUT2D eigenvalue weighted by Gasteiger charge is -2.50. The first-order valence-corrected chi connectivity index (χ1v) is 12.0. The van der Waals surface area contributed by atoms with Crippen LogP contribution in [-0.4, -0.2) is 28.7 Å². The van der Waals surface area contributed by atoms with Crippen LogP contribution in [0.1, 0.15) is 37.9 Å². The number of imide groups is 1. The minimum absolute atomic E-state index is 0.175. The van der Waals surface area contributed by atoms with E-state index in [1.54, 1.807) is 25.1 Å². The van der Waals surface area contributed by atoms with Crippen molar-refractivity contribution >= 4 is 81.4 Å². The van der Waals surface area contributed by atoms with Crippen molar-refractivity contribution in [1.82, 2.24) is 4.90 Å². The minimum Gasteiger partial charge on any atom is -0.300 e. The monoisotopic (exact) mass is 570 g/mol. The Hall–Kier alpha value is -2.35. The van der Waals surface area contributed by atoms with E-state index in [2.05, 4.69) is 0 Å². The molecular weight excluding hydrogens is 561 g/mol. The molecule has 5 nitrogen and oxygen atoms in total. The number of anilines is 1. The Labute approximate surface area is 223 Å². The van der Waals surface area contributed by atoms with Crippen LogP contribution in [0.5, 0.6) is 0 Å². The van der Waals surface area contributed by atoms with E-state index in [0.29, 0.717) is 21.8 Å². The molecule has 5 rings (SSSR count). The third kappa shape index (κ3) is 3.46. The maximum atomic E-state index is 13.7. The molecule has 0 radical (unpaired) electrons. The molecule has 0 N–H and O–H groups in total. The van der Waals surface area contributed by atoms with Crippen LogP contribution in [0, 0.1) is 12.7 Å². The van der Waals surface area contributed by atoms with Gasteiger partial charge in [-0.2, -0.15) is 0 Å². The summed E-state index contributed by atoms with van der Waals surface area (Å²) >= 11 is 31.0. The average molecular weight is 573 g/mol. The fraction of sp³-hybridized carbons (Fsp3) is 0.125. The highest BCUT2D eigenvalue weighted by Crippen LogP contribution is 2.49. The van der Waals surface area contributed by atoms with Gasteiger partial charge in [-0.25, -0.2) is 4.39 Å². The van der Waals surface area contributed by atoms with Gasteiger partial charge in [0.25, 0.3) is 17.7 Å². The summed E-state index contributed by atoms with van der Waals surface area (Å²) in [5.74, 6) is -2.68. The van der Waals surface area contributed by atoms with Gasteiger partial charge in [-0.15, -0.1) is 0 Å². The molecule has 0 bridgehead atoms. The number of amides is 3. The highest BCUT2D eigenvalue weighted by atomic mass is 35.5. The predicted molar refractivity (Wildman–Crippen MR) is 134 cm³/mol. The molecule has 2 aliphatic heterocycles. The van der Waals surface area contributed by atoms with Gasteiger partial charge in [0, 0.05) is 10.7 Å². The SMILES string of the molecule is Cc1c(Cl)cccc1N1C(=O)[C@@H](N2C(=O)c3c(Cl)c(Cl)c(Cl)c(Cl)c3C2=O)[C@@H]1c1ccc(F)cc1. The summed E-state index contributed by atoms with van der Waals surface area (Å²) in [5.41, 5.74) is 1.17. The molecule has 2 aliphatic rings. The quantitative estimate of drug-likeness (QED) is 0.145. The molecule has 35 heavy (non-hydrogen) atoms. The smallest absolute Gasteiger partial charge is 0.264 e. The third-order valence-corrected chi connectivity index (χ3v) is 8.40. The van der Waals surface area contributed by atoms with Gasteiger partial charge in [0.15, 0.2) is 0 Å². The van der Waals surface area contributed by atoms with Crippen LogP contribution in [0.4, 0.5) is 10.1 Å². The van der Waals surface area contributed by atoms with E-state index in [9.17, 15) is 18.8 Å². The molecule has 3 amide bonds. The zero-order valence-electron chi connectivity index (χ0n) is 17.6. The number of hydrogen-bond acceptors (Lipinski definition) is 3. The van der Waals surface area contributed by atoms with Crippen molar-refractivity contribution in [2.24, 2.45) is 0 Å². The molecule has 2 atom stereocenters. The lowest BCUT2D eigenvalue weighted by Crippen LogP contribution is -2.67. The van der Waals surface area contributed by atoms with Crippen molar-refractivity contribution in [3.8, 4) is 0 Å². The van der Waals surface area contributed by atoms with Crippen LogP contribution < -0.4 is 4.90 Å². The second-order valence-corrected chi connectivity index (χ2v) is 9.94. The summed E-state index contributed by atoms with van der Waals surface area (Å²) in [6.45, 7) is 1.74. The largest absolute Gasteiger partial charge is 0.300 e. The lowest BCUT2D eigenvalue weighted by atomic mass is 9.85. The Balaban J connectivity index is 1.65. The van der Waals surface area contributed by atoms with Gasteiger partial charge in [0.1, 0.15) is 11.9 Å². The van der Waals surface area contributed by atoms with Crippen LogP contribution in [0.25, 0.3) is 0 Å². The Morgan fingerprint density at radius 1 is 0.714 bits per heavy atom. The van der Waals surface area contributed by atoms with Crippen molar-refractivity contribution in [3.05, 3.63) is 95.6 Å². The second-order valence-electron chi connectivity index (χ2n) is 8.02. The highest BCUT2D eigenvalue weighted by Gasteiger charge is 2.58. The molecule has 3 aromatic rings. The summed E-state index contributed by atoms with van der Waals surface area (Å²) < 4.78 is 13.7. The summed E-state index contributed by atoms with van der Waals surface area (Å²) in [6, 6.07) is 8.40. The number of nitrogens with zero attached hydrogens (tertiary/aromatic N) is 2. The first kappa shape index (κ1) is 24.3. The van der Waals surface area contributed by atoms with Gasteiger partial charge < -0.3 is 4.90 Å². The van der Waals surface area contributed by atoms with Crippen molar-refractivity contribution in [1.29, 1.82) is 0 Å². The lowest BCUT2D eigenvalue weighted by molar-refractivity contribution is -0.130. The van der Waals surface area contributed by atoms with Crippen molar-refractivity contribution in [2.75, 3.05) is 4.90 Å². The fourth-order valence-electron chi connectivity index (χ4n) is 4.46. The van der Waals surface area contributed by atoms with Gasteiger partial charge in [-0.1, -0.05) is 76.2 Å². The summed E-state index contributed by atoms with van der Waals surface area (Å²) in [5, 5.41) is -0.383. The van der Waals surface area contributed by atoms with Gasteiger partial charge in [0.05, 0.1) is 37.3 Å². The van der Waals surface area contributed by atoms with Gasteiger partial charge in [0.2, 0.25) is 0 Å². The van der Waals surface area contributed by atoms with Crippen LogP contribution in [-0.2, 0) is 4.79 Å². The average Bonchev–Trinajstić information content (AvgIpc) is 3.08. The number of carbonyl (C=O) groups is 3. The number of rotatable bonds is 3. The van der Waals surface area contributed by atoms with E-state index >= 15 is 0 Å². The molecule has 0 unspecified atom stereocenters. The normalized spacial score (nSPS) is 19.3. The van der Waals surface area contributed by atoms with Crippen LogP contribution in [0.3, 0.4) is 0 Å². The molecule has 0 aliphatic carbocycles. The first-order valence-electron chi connectivity index (χ1n) is 10.1. The van der Waals surface area contributed by atoms with Crippen molar-refractivity contribution in [2.45, 2.75) is 19.0 Å². The number of hydrogen-bond donors (Lipinski definition) is 0. The van der Waals surface area contributed by atoms with Crippen LogP contribution in [0.15, 0.2) is 42.5 Å². The molecule has 0 aromatic heterocycles. The Bertz CT molecular complexity index is 1410. The molecule has 0 spiro atoms. The molecule has 1 saturated heterocycles. The molecule has 1 fully saturated rings. The molecule has 3 aromatic carbocycles. The van der Waals surface area contributed by atoms with E-state index in [-0.39, 0.29) is 31.2 Å². The predicted octanol–water partition coefficient (Wildman–Crippen LogP) is 7.15. The van der Waals surface area contributed by atoms with E-state index in [0.717, 1.165) is 4.90 Å². The number of halogens is 6. The number of β-lactam (4-membered cyclic amide) rings is 1. The minimum atomic E-state index is -1.25. The Morgan fingerprint density at radius 3 is 1.80 bits per heavy atom.